The Bertz CT molecular complexity index is 945. The van der Waals surface area contributed by atoms with Crippen molar-refractivity contribution in [1.29, 1.82) is 0 Å². The van der Waals surface area contributed by atoms with Crippen LogP contribution in [-0.2, 0) is 7.05 Å². The van der Waals surface area contributed by atoms with Gasteiger partial charge in [0.1, 0.15) is 9.88 Å². The predicted molar refractivity (Wildman–Crippen MR) is 117 cm³/mol. The van der Waals surface area contributed by atoms with E-state index in [4.69, 9.17) is 11.6 Å². The second kappa shape index (κ2) is 9.71. The highest BCUT2D eigenvalue weighted by Gasteiger charge is 2.30. The Kier molecular flexibility index (Phi) is 7.86. The number of aromatic nitrogens is 3. The van der Waals surface area contributed by atoms with E-state index in [2.05, 4.69) is 15.4 Å². The first-order valence-electron chi connectivity index (χ1n) is 8.34. The molecule has 0 radical (unpaired) electrons. The van der Waals surface area contributed by atoms with Crippen molar-refractivity contribution < 1.29 is 4.79 Å². The van der Waals surface area contributed by atoms with E-state index < -0.39 is 0 Å². The van der Waals surface area contributed by atoms with Crippen LogP contribution in [-0.4, -0.2) is 45.2 Å². The molecule has 3 heterocycles. The van der Waals surface area contributed by atoms with Gasteiger partial charge < -0.3 is 10.2 Å². The number of benzene rings is 1. The monoisotopic (exact) mass is 459 g/mol. The minimum atomic E-state index is -0.0427. The van der Waals surface area contributed by atoms with E-state index in [0.29, 0.717) is 23.0 Å². The molecule has 0 saturated carbocycles. The standard InChI is InChI=1S/C18H18ClN5OS.2ClH/c1-23-11-13(8-22-23)17-21-10-16(26-17)18(25)24-6-5-20-9-15(24)12-3-2-4-14(19)7-12;;/h2-4,7-8,10-11,15,20H,5-6,9H2,1H3;2*1H. The van der Waals surface area contributed by atoms with Crippen molar-refractivity contribution in [3.8, 4) is 10.6 Å². The summed E-state index contributed by atoms with van der Waals surface area (Å²) in [6.07, 6.45) is 5.31. The number of halogens is 3. The van der Waals surface area contributed by atoms with Gasteiger partial charge in [-0.3, -0.25) is 9.48 Å². The van der Waals surface area contributed by atoms with Crippen LogP contribution in [0, 0.1) is 0 Å². The summed E-state index contributed by atoms with van der Waals surface area (Å²) in [5.74, 6) is 0.00381. The Morgan fingerprint density at radius 1 is 1.32 bits per heavy atom. The highest BCUT2D eigenvalue weighted by Crippen LogP contribution is 2.30. The summed E-state index contributed by atoms with van der Waals surface area (Å²) in [6.45, 7) is 2.13. The molecule has 0 spiro atoms. The van der Waals surface area contributed by atoms with Crippen LogP contribution in [0.25, 0.3) is 10.6 Å². The maximum atomic E-state index is 13.1. The van der Waals surface area contributed by atoms with Crippen molar-refractivity contribution in [2.24, 2.45) is 7.05 Å². The number of nitrogens with one attached hydrogen (secondary N) is 1. The number of piperazine rings is 1. The van der Waals surface area contributed by atoms with Gasteiger partial charge in [0.05, 0.1) is 18.4 Å². The summed E-state index contributed by atoms with van der Waals surface area (Å²) in [5, 5.41) is 9.01. The third-order valence-corrected chi connectivity index (χ3v) is 5.68. The third-order valence-electron chi connectivity index (χ3n) is 4.41. The van der Waals surface area contributed by atoms with Gasteiger partial charge in [-0.1, -0.05) is 23.7 Å². The molecule has 6 nitrogen and oxygen atoms in total. The number of hydrogen-bond acceptors (Lipinski definition) is 5. The number of aryl methyl sites for hydroxylation is 1. The molecule has 1 aromatic carbocycles. The van der Waals surface area contributed by atoms with Crippen LogP contribution < -0.4 is 5.32 Å². The summed E-state index contributed by atoms with van der Waals surface area (Å²) in [5.41, 5.74) is 1.96. The van der Waals surface area contributed by atoms with Crippen LogP contribution in [0.5, 0.6) is 0 Å². The van der Waals surface area contributed by atoms with Crippen LogP contribution in [0.3, 0.4) is 0 Å². The van der Waals surface area contributed by atoms with E-state index in [1.165, 1.54) is 11.3 Å². The average Bonchev–Trinajstić information content (AvgIpc) is 3.30. The van der Waals surface area contributed by atoms with Gasteiger partial charge in [-0.15, -0.1) is 36.2 Å². The fourth-order valence-electron chi connectivity index (χ4n) is 3.14. The number of carbonyl (C=O) groups is 1. The maximum Gasteiger partial charge on any atom is 0.266 e. The van der Waals surface area contributed by atoms with Crippen molar-refractivity contribution in [2.75, 3.05) is 19.6 Å². The number of amides is 1. The zero-order chi connectivity index (χ0) is 18.1. The minimum Gasteiger partial charge on any atom is -0.328 e. The molecule has 2 aromatic heterocycles. The fourth-order valence-corrected chi connectivity index (χ4v) is 4.18. The Labute approximate surface area is 184 Å². The molecule has 150 valence electrons. The van der Waals surface area contributed by atoms with Gasteiger partial charge in [-0.25, -0.2) is 4.98 Å². The lowest BCUT2D eigenvalue weighted by atomic mass is 10.0. The van der Waals surface area contributed by atoms with E-state index >= 15 is 0 Å². The molecule has 4 rings (SSSR count). The lowest BCUT2D eigenvalue weighted by Crippen LogP contribution is -2.48. The first-order chi connectivity index (χ1) is 12.6. The van der Waals surface area contributed by atoms with Gasteiger partial charge in [0, 0.05) is 43.5 Å². The molecule has 3 aromatic rings. The minimum absolute atomic E-state index is 0. The Morgan fingerprint density at radius 3 is 2.86 bits per heavy atom. The molecule has 1 saturated heterocycles. The van der Waals surface area contributed by atoms with E-state index in [1.807, 2.05) is 42.4 Å². The smallest absolute Gasteiger partial charge is 0.266 e. The van der Waals surface area contributed by atoms with Gasteiger partial charge in [0.2, 0.25) is 0 Å². The first kappa shape index (κ1) is 22.6. The number of carbonyl (C=O) groups excluding carboxylic acids is 1. The van der Waals surface area contributed by atoms with E-state index in [1.54, 1.807) is 17.1 Å². The maximum absolute atomic E-state index is 13.1. The lowest BCUT2D eigenvalue weighted by Gasteiger charge is -2.36. The summed E-state index contributed by atoms with van der Waals surface area (Å²) < 4.78 is 1.73. The van der Waals surface area contributed by atoms with Crippen molar-refractivity contribution in [1.82, 2.24) is 25.0 Å². The van der Waals surface area contributed by atoms with E-state index in [0.717, 1.165) is 22.7 Å². The number of thiazole rings is 1. The molecule has 10 heteroatoms. The van der Waals surface area contributed by atoms with E-state index in [-0.39, 0.29) is 36.8 Å². The van der Waals surface area contributed by atoms with Crippen LogP contribution in [0.15, 0.2) is 42.9 Å². The molecular formula is C18H20Cl3N5OS. The van der Waals surface area contributed by atoms with Crippen LogP contribution in [0.1, 0.15) is 21.3 Å². The molecule has 0 aliphatic carbocycles. The van der Waals surface area contributed by atoms with Crippen molar-refractivity contribution in [3.05, 3.63) is 58.3 Å². The van der Waals surface area contributed by atoms with Crippen LogP contribution in [0.2, 0.25) is 5.02 Å². The van der Waals surface area contributed by atoms with Gasteiger partial charge in [0.15, 0.2) is 0 Å². The Hall–Kier alpha value is -1.64. The molecule has 0 bridgehead atoms. The normalized spacial score (nSPS) is 16.2. The zero-order valence-corrected chi connectivity index (χ0v) is 18.2. The van der Waals surface area contributed by atoms with Crippen molar-refractivity contribution >= 4 is 53.7 Å². The molecule has 1 N–H and O–H groups in total. The number of rotatable bonds is 3. The second-order valence-electron chi connectivity index (χ2n) is 6.21. The molecule has 1 amide bonds. The Balaban J connectivity index is 0.00000140. The summed E-state index contributed by atoms with van der Waals surface area (Å²) in [6, 6.07) is 7.66. The predicted octanol–water partition coefficient (Wildman–Crippen LogP) is 3.83. The van der Waals surface area contributed by atoms with Crippen LogP contribution >= 0.6 is 47.8 Å². The summed E-state index contributed by atoms with van der Waals surface area (Å²) in [4.78, 5) is 20.1. The lowest BCUT2D eigenvalue weighted by molar-refractivity contribution is 0.0639. The first-order valence-corrected chi connectivity index (χ1v) is 9.53. The molecule has 1 atom stereocenters. The van der Waals surface area contributed by atoms with Gasteiger partial charge in [-0.2, -0.15) is 5.10 Å². The summed E-state index contributed by atoms with van der Waals surface area (Å²) in [7, 11) is 1.86. The molecule has 1 fully saturated rings. The molecule has 1 aliphatic rings. The third kappa shape index (κ3) is 4.67. The molecule has 1 unspecified atom stereocenters. The van der Waals surface area contributed by atoms with Crippen LogP contribution in [0.4, 0.5) is 0 Å². The van der Waals surface area contributed by atoms with Gasteiger partial charge in [-0.05, 0) is 17.7 Å². The SMILES string of the molecule is Cl.Cl.Cn1cc(-c2ncc(C(=O)N3CCNCC3c3cccc(Cl)c3)s2)cn1. The molecular weight excluding hydrogens is 441 g/mol. The molecule has 28 heavy (non-hydrogen) atoms. The number of nitrogens with zero attached hydrogens (tertiary/aromatic N) is 4. The van der Waals surface area contributed by atoms with Crippen molar-refractivity contribution in [2.45, 2.75) is 6.04 Å². The van der Waals surface area contributed by atoms with Gasteiger partial charge >= 0.3 is 0 Å². The van der Waals surface area contributed by atoms with Crippen molar-refractivity contribution in [3.63, 3.8) is 0 Å². The zero-order valence-electron chi connectivity index (χ0n) is 15.0. The topological polar surface area (TPSA) is 63.1 Å². The second-order valence-corrected chi connectivity index (χ2v) is 7.67. The fraction of sp³-hybridized carbons (Fsp3) is 0.278. The van der Waals surface area contributed by atoms with E-state index in [9.17, 15) is 4.79 Å². The Morgan fingerprint density at radius 2 is 2.14 bits per heavy atom. The quantitative estimate of drug-likeness (QED) is 0.645. The highest BCUT2D eigenvalue weighted by molar-refractivity contribution is 7.16. The largest absolute Gasteiger partial charge is 0.328 e. The molecule has 1 aliphatic heterocycles. The average molecular weight is 461 g/mol. The van der Waals surface area contributed by atoms with Gasteiger partial charge in [0.25, 0.3) is 5.91 Å². The number of hydrogen-bond donors (Lipinski definition) is 1. The summed E-state index contributed by atoms with van der Waals surface area (Å²) >= 11 is 7.54. The highest BCUT2D eigenvalue weighted by atomic mass is 35.5.